The molecule has 10 heavy (non-hydrogen) atoms. The van der Waals surface area contributed by atoms with Crippen LogP contribution in [0.3, 0.4) is 0 Å². The average Bonchev–Trinajstić information content (AvgIpc) is 1.59. The first kappa shape index (κ1) is 13.5. The van der Waals surface area contributed by atoms with Gasteiger partial charge >= 0.3 is 57.6 Å². The van der Waals surface area contributed by atoms with Crippen molar-refractivity contribution in [3.05, 3.63) is 0 Å². The molecule has 0 bridgehead atoms. The van der Waals surface area contributed by atoms with Crippen molar-refractivity contribution in [3.63, 3.8) is 0 Å². The van der Waals surface area contributed by atoms with Crippen LogP contribution in [0.15, 0.2) is 0 Å². The van der Waals surface area contributed by atoms with Crippen LogP contribution in [-0.4, -0.2) is 12.1 Å². The Morgan fingerprint density at radius 2 is 1.80 bits per heavy atom. The minimum Gasteiger partial charge on any atom is -0.550 e. The molecule has 0 rings (SSSR count). The number of halogens is 3. The van der Waals surface area contributed by atoms with Gasteiger partial charge in [0.25, 0.3) is 0 Å². The SMILES string of the molecule is O=C([O-])CCC(F)(F)F.[K+]. The third kappa shape index (κ3) is 11.7. The van der Waals surface area contributed by atoms with E-state index in [1.807, 2.05) is 0 Å². The van der Waals surface area contributed by atoms with E-state index < -0.39 is 25.0 Å². The van der Waals surface area contributed by atoms with Crippen molar-refractivity contribution in [3.8, 4) is 0 Å². The van der Waals surface area contributed by atoms with Gasteiger partial charge in [0.1, 0.15) is 0 Å². The first-order valence-electron chi connectivity index (χ1n) is 2.18. The van der Waals surface area contributed by atoms with Gasteiger partial charge < -0.3 is 9.90 Å². The third-order valence-corrected chi connectivity index (χ3v) is 0.613. The van der Waals surface area contributed by atoms with E-state index in [0.717, 1.165) is 0 Å². The Balaban J connectivity index is 0. The molecule has 0 radical (unpaired) electrons. The molecule has 0 heterocycles. The molecular formula is C4H4F3KO2. The molecule has 2 nitrogen and oxygen atoms in total. The van der Waals surface area contributed by atoms with Crippen LogP contribution in [0.2, 0.25) is 0 Å². The molecule has 0 aliphatic rings. The minimum atomic E-state index is -4.39. The normalized spacial score (nSPS) is 10.3. The summed E-state index contributed by atoms with van der Waals surface area (Å²) >= 11 is 0. The first-order chi connectivity index (χ1) is 3.92. The molecule has 0 aliphatic heterocycles. The van der Waals surface area contributed by atoms with Gasteiger partial charge in [0.15, 0.2) is 0 Å². The molecule has 0 aromatic heterocycles. The van der Waals surface area contributed by atoms with E-state index >= 15 is 0 Å². The second kappa shape index (κ2) is 5.53. The number of rotatable bonds is 2. The number of carboxylic acids is 1. The number of carboxylic acid groups (broad SMARTS) is 1. The van der Waals surface area contributed by atoms with Gasteiger partial charge in [-0.3, -0.25) is 0 Å². The quantitative estimate of drug-likeness (QED) is 0.427. The van der Waals surface area contributed by atoms with E-state index in [-0.39, 0.29) is 51.4 Å². The topological polar surface area (TPSA) is 40.1 Å². The van der Waals surface area contributed by atoms with Crippen molar-refractivity contribution in [2.75, 3.05) is 0 Å². The number of carbonyl (C=O) groups excluding carboxylic acids is 1. The molecule has 0 aliphatic carbocycles. The van der Waals surface area contributed by atoms with Crippen LogP contribution in [0, 0.1) is 0 Å². The minimum absolute atomic E-state index is 0. The smallest absolute Gasteiger partial charge is 0.550 e. The molecule has 0 N–H and O–H groups in total. The van der Waals surface area contributed by atoms with Crippen LogP contribution in [0.25, 0.3) is 0 Å². The summed E-state index contributed by atoms with van der Waals surface area (Å²) in [5.41, 5.74) is 0. The van der Waals surface area contributed by atoms with Crippen LogP contribution < -0.4 is 56.5 Å². The van der Waals surface area contributed by atoms with Crippen molar-refractivity contribution >= 4 is 5.97 Å². The van der Waals surface area contributed by atoms with Crippen molar-refractivity contribution < 1.29 is 74.5 Å². The molecule has 0 aromatic rings. The van der Waals surface area contributed by atoms with Crippen molar-refractivity contribution in [1.82, 2.24) is 0 Å². The maximum Gasteiger partial charge on any atom is 1.00 e. The number of aliphatic carboxylic acids is 1. The van der Waals surface area contributed by atoms with Crippen molar-refractivity contribution in [1.29, 1.82) is 0 Å². The van der Waals surface area contributed by atoms with Crippen molar-refractivity contribution in [2.45, 2.75) is 19.0 Å². The van der Waals surface area contributed by atoms with E-state index in [1.165, 1.54) is 0 Å². The van der Waals surface area contributed by atoms with E-state index in [0.29, 0.717) is 0 Å². The zero-order valence-electron chi connectivity index (χ0n) is 5.36. The van der Waals surface area contributed by atoms with Gasteiger partial charge in [-0.25, -0.2) is 0 Å². The maximum atomic E-state index is 11.1. The molecule has 0 saturated heterocycles. The standard InChI is InChI=1S/C4H5F3O2.K/c5-4(6,7)2-1-3(8)9;/h1-2H2,(H,8,9);/q;+1/p-1. The molecule has 0 fully saturated rings. The zero-order valence-corrected chi connectivity index (χ0v) is 8.49. The van der Waals surface area contributed by atoms with Gasteiger partial charge in [0.2, 0.25) is 0 Å². The Labute approximate surface area is 98.2 Å². The second-order valence-corrected chi connectivity index (χ2v) is 1.49. The molecule has 0 aromatic carbocycles. The van der Waals surface area contributed by atoms with Gasteiger partial charge in [-0.1, -0.05) is 0 Å². The Hall–Kier alpha value is 0.896. The summed E-state index contributed by atoms with van der Waals surface area (Å²) in [6.45, 7) is 0. The molecular weight excluding hydrogens is 176 g/mol. The Bertz CT molecular complexity index is 112. The third-order valence-electron chi connectivity index (χ3n) is 0.613. The van der Waals surface area contributed by atoms with Crippen LogP contribution in [0.1, 0.15) is 12.8 Å². The molecule has 0 saturated carbocycles. The number of hydrogen-bond donors (Lipinski definition) is 0. The Kier molecular flexibility index (Phi) is 7.46. The number of hydrogen-bond acceptors (Lipinski definition) is 2. The summed E-state index contributed by atoms with van der Waals surface area (Å²) in [6, 6.07) is 0. The van der Waals surface area contributed by atoms with Crippen LogP contribution in [0.5, 0.6) is 0 Å². The van der Waals surface area contributed by atoms with Gasteiger partial charge in [0.05, 0.1) is 0 Å². The van der Waals surface area contributed by atoms with Crippen molar-refractivity contribution in [2.24, 2.45) is 0 Å². The number of carbonyl (C=O) groups is 1. The summed E-state index contributed by atoms with van der Waals surface area (Å²) in [5.74, 6) is -1.67. The fourth-order valence-corrected chi connectivity index (χ4v) is 0.244. The fourth-order valence-electron chi connectivity index (χ4n) is 0.244. The van der Waals surface area contributed by atoms with E-state index in [1.54, 1.807) is 0 Å². The summed E-state index contributed by atoms with van der Waals surface area (Å²) in [5, 5.41) is 9.43. The molecule has 0 unspecified atom stereocenters. The predicted octanol–water partition coefficient (Wildman–Crippen LogP) is -2.92. The van der Waals surface area contributed by atoms with Crippen LogP contribution >= 0.6 is 0 Å². The van der Waals surface area contributed by atoms with E-state index in [4.69, 9.17) is 0 Å². The fraction of sp³-hybridized carbons (Fsp3) is 0.750. The second-order valence-electron chi connectivity index (χ2n) is 1.49. The van der Waals surface area contributed by atoms with Crippen LogP contribution in [-0.2, 0) is 4.79 Å². The number of alkyl halides is 3. The average molecular weight is 180 g/mol. The summed E-state index contributed by atoms with van der Waals surface area (Å²) in [6.07, 6.45) is -6.65. The molecule has 0 atom stereocenters. The van der Waals surface area contributed by atoms with Gasteiger partial charge in [-0.15, -0.1) is 0 Å². The van der Waals surface area contributed by atoms with Gasteiger partial charge in [-0.2, -0.15) is 13.2 Å². The largest absolute Gasteiger partial charge is 1.00 e. The zero-order chi connectivity index (χ0) is 7.49. The first-order valence-corrected chi connectivity index (χ1v) is 2.18. The maximum absolute atomic E-state index is 11.1. The van der Waals surface area contributed by atoms with Crippen LogP contribution in [0.4, 0.5) is 13.2 Å². The molecule has 0 amide bonds. The predicted molar refractivity (Wildman–Crippen MR) is 20.3 cm³/mol. The molecule has 54 valence electrons. The van der Waals surface area contributed by atoms with Gasteiger partial charge in [-0.05, 0) is 6.42 Å². The van der Waals surface area contributed by atoms with E-state index in [2.05, 4.69) is 0 Å². The Morgan fingerprint density at radius 1 is 1.40 bits per heavy atom. The van der Waals surface area contributed by atoms with Gasteiger partial charge in [0, 0.05) is 12.4 Å². The molecule has 6 heteroatoms. The summed E-state index contributed by atoms with van der Waals surface area (Å²) in [4.78, 5) is 9.43. The Morgan fingerprint density at radius 3 is 1.90 bits per heavy atom. The summed E-state index contributed by atoms with van der Waals surface area (Å²) in [7, 11) is 0. The molecule has 0 spiro atoms. The monoisotopic (exact) mass is 180 g/mol. The van der Waals surface area contributed by atoms with E-state index in [9.17, 15) is 23.1 Å². The summed E-state index contributed by atoms with van der Waals surface area (Å²) < 4.78 is 33.4.